The van der Waals surface area contributed by atoms with Gasteiger partial charge in [-0.05, 0) is 44.2 Å². The van der Waals surface area contributed by atoms with Gasteiger partial charge >= 0.3 is 0 Å². The quantitative estimate of drug-likeness (QED) is 0.567. The fourth-order valence-electron chi connectivity index (χ4n) is 2.64. The van der Waals surface area contributed by atoms with Gasteiger partial charge in [-0.15, -0.1) is 0 Å². The Labute approximate surface area is 149 Å². The molecule has 5 nitrogen and oxygen atoms in total. The number of hydrazone groups is 1. The molecule has 0 unspecified atom stereocenters. The minimum atomic E-state index is -0.507. The van der Waals surface area contributed by atoms with Crippen molar-refractivity contribution in [3.63, 3.8) is 0 Å². The Bertz CT molecular complexity index is 960. The van der Waals surface area contributed by atoms with E-state index in [-0.39, 0.29) is 10.6 Å². The number of hydrogen-bond acceptors (Lipinski definition) is 3. The SMILES string of the molecule is CCn1c(C)nc2cc(C(=O)N/N=C/c3c(F)cccc3Cl)ccc21. The zero-order chi connectivity index (χ0) is 18.0. The van der Waals surface area contributed by atoms with Crippen LogP contribution in [0.4, 0.5) is 4.39 Å². The minimum Gasteiger partial charge on any atom is -0.329 e. The average Bonchev–Trinajstić information content (AvgIpc) is 2.91. The highest BCUT2D eigenvalue weighted by Crippen LogP contribution is 2.18. The van der Waals surface area contributed by atoms with Crippen LogP contribution in [0.5, 0.6) is 0 Å². The number of benzene rings is 2. The summed E-state index contributed by atoms with van der Waals surface area (Å²) in [6.07, 6.45) is 1.18. The van der Waals surface area contributed by atoms with Crippen molar-refractivity contribution in [3.05, 3.63) is 64.2 Å². The predicted octanol–water partition coefficient (Wildman–Crippen LogP) is 3.92. The van der Waals surface area contributed by atoms with Crippen molar-refractivity contribution in [2.45, 2.75) is 20.4 Å². The van der Waals surface area contributed by atoms with Crippen molar-refractivity contribution >= 4 is 34.8 Å². The second-order valence-corrected chi connectivity index (χ2v) is 5.85. The molecular formula is C18H16ClFN4O. The van der Waals surface area contributed by atoms with Gasteiger partial charge in [0.05, 0.1) is 22.3 Å². The molecule has 128 valence electrons. The average molecular weight is 359 g/mol. The van der Waals surface area contributed by atoms with Gasteiger partial charge in [0.25, 0.3) is 5.91 Å². The van der Waals surface area contributed by atoms with Crippen molar-refractivity contribution in [1.82, 2.24) is 15.0 Å². The minimum absolute atomic E-state index is 0.122. The number of nitrogens with zero attached hydrogens (tertiary/aromatic N) is 3. The number of hydrogen-bond donors (Lipinski definition) is 1. The van der Waals surface area contributed by atoms with E-state index in [9.17, 15) is 9.18 Å². The van der Waals surface area contributed by atoms with Crippen LogP contribution in [0, 0.1) is 12.7 Å². The number of fused-ring (bicyclic) bond motifs is 1. The summed E-state index contributed by atoms with van der Waals surface area (Å²) in [6.45, 7) is 4.77. The standard InChI is InChI=1S/C18H16ClFN4O/c1-3-24-11(2)22-16-9-12(7-8-17(16)24)18(25)23-21-10-13-14(19)5-4-6-15(13)20/h4-10H,3H2,1-2H3,(H,23,25)/b21-10+. The third-order valence-corrected chi connectivity index (χ3v) is 4.21. The van der Waals surface area contributed by atoms with Crippen LogP contribution >= 0.6 is 11.6 Å². The lowest BCUT2D eigenvalue weighted by atomic mass is 10.2. The van der Waals surface area contributed by atoms with E-state index in [4.69, 9.17) is 11.6 Å². The molecule has 0 aliphatic rings. The summed E-state index contributed by atoms with van der Waals surface area (Å²) in [5, 5.41) is 4.01. The van der Waals surface area contributed by atoms with Crippen LogP contribution in [0.25, 0.3) is 11.0 Å². The Morgan fingerprint density at radius 3 is 2.92 bits per heavy atom. The first kappa shape index (κ1) is 17.1. The summed E-state index contributed by atoms with van der Waals surface area (Å²) in [5.74, 6) is -0.0240. The Kier molecular flexibility index (Phi) is 4.81. The number of imidazole rings is 1. The van der Waals surface area contributed by atoms with Gasteiger partial charge in [0, 0.05) is 17.7 Å². The summed E-state index contributed by atoms with van der Waals surface area (Å²) in [5.41, 5.74) is 4.63. The van der Waals surface area contributed by atoms with Crippen LogP contribution in [0.2, 0.25) is 5.02 Å². The summed E-state index contributed by atoms with van der Waals surface area (Å²) < 4.78 is 15.7. The molecule has 0 fully saturated rings. The fourth-order valence-corrected chi connectivity index (χ4v) is 2.86. The molecule has 0 aliphatic carbocycles. The van der Waals surface area contributed by atoms with Gasteiger partial charge in [-0.2, -0.15) is 5.10 Å². The Hall–Kier alpha value is -2.73. The molecule has 1 N–H and O–H groups in total. The number of aromatic nitrogens is 2. The molecular weight excluding hydrogens is 343 g/mol. The van der Waals surface area contributed by atoms with Gasteiger partial charge in [-0.25, -0.2) is 14.8 Å². The topological polar surface area (TPSA) is 59.3 Å². The lowest BCUT2D eigenvalue weighted by molar-refractivity contribution is 0.0955. The molecule has 1 heterocycles. The summed E-state index contributed by atoms with van der Waals surface area (Å²) >= 11 is 5.90. The van der Waals surface area contributed by atoms with Gasteiger partial charge < -0.3 is 4.57 Å². The van der Waals surface area contributed by atoms with Crippen molar-refractivity contribution in [1.29, 1.82) is 0 Å². The maximum Gasteiger partial charge on any atom is 0.271 e. The maximum atomic E-state index is 13.6. The van der Waals surface area contributed by atoms with Gasteiger partial charge in [-0.3, -0.25) is 4.79 Å². The number of rotatable bonds is 4. The first-order valence-corrected chi connectivity index (χ1v) is 8.13. The van der Waals surface area contributed by atoms with Gasteiger partial charge in [0.1, 0.15) is 11.6 Å². The number of aryl methyl sites for hydroxylation is 2. The maximum absolute atomic E-state index is 13.6. The van der Waals surface area contributed by atoms with Crippen molar-refractivity contribution in [2.24, 2.45) is 5.10 Å². The van der Waals surface area contributed by atoms with Crippen LogP contribution in [0.15, 0.2) is 41.5 Å². The van der Waals surface area contributed by atoms with E-state index in [0.717, 1.165) is 23.4 Å². The zero-order valence-electron chi connectivity index (χ0n) is 13.8. The molecule has 1 aromatic heterocycles. The van der Waals surface area contributed by atoms with Crippen LogP contribution in [0.3, 0.4) is 0 Å². The molecule has 2 aromatic carbocycles. The molecule has 0 saturated carbocycles. The lowest BCUT2D eigenvalue weighted by Gasteiger charge is -2.03. The molecule has 0 saturated heterocycles. The Morgan fingerprint density at radius 1 is 1.40 bits per heavy atom. The van der Waals surface area contributed by atoms with E-state index in [2.05, 4.69) is 20.1 Å². The second-order valence-electron chi connectivity index (χ2n) is 5.44. The molecule has 0 atom stereocenters. The second kappa shape index (κ2) is 7.03. The highest BCUT2D eigenvalue weighted by atomic mass is 35.5. The predicted molar refractivity (Wildman–Crippen MR) is 96.6 cm³/mol. The van der Waals surface area contributed by atoms with E-state index in [0.29, 0.717) is 5.56 Å². The Balaban J connectivity index is 1.79. The number of amides is 1. The first-order chi connectivity index (χ1) is 12.0. The van der Waals surface area contributed by atoms with Crippen molar-refractivity contribution < 1.29 is 9.18 Å². The molecule has 0 spiro atoms. The molecule has 3 aromatic rings. The molecule has 0 radical (unpaired) electrons. The number of carbonyl (C=O) groups is 1. The van der Waals surface area contributed by atoms with Crippen molar-refractivity contribution in [3.8, 4) is 0 Å². The molecule has 0 bridgehead atoms. The Morgan fingerprint density at radius 2 is 2.20 bits per heavy atom. The van der Waals surface area contributed by atoms with E-state index in [1.807, 2.05) is 19.9 Å². The van der Waals surface area contributed by atoms with Crippen LogP contribution in [-0.4, -0.2) is 21.7 Å². The fraction of sp³-hybridized carbons (Fsp3) is 0.167. The number of carbonyl (C=O) groups excluding carboxylic acids is 1. The highest BCUT2D eigenvalue weighted by Gasteiger charge is 2.10. The third kappa shape index (κ3) is 3.39. The number of nitrogens with one attached hydrogen (secondary N) is 1. The summed E-state index contributed by atoms with van der Waals surface area (Å²) in [4.78, 5) is 16.7. The summed E-state index contributed by atoms with van der Waals surface area (Å²) in [7, 11) is 0. The lowest BCUT2D eigenvalue weighted by Crippen LogP contribution is -2.17. The first-order valence-electron chi connectivity index (χ1n) is 7.75. The highest BCUT2D eigenvalue weighted by molar-refractivity contribution is 6.33. The van der Waals surface area contributed by atoms with Crippen LogP contribution in [0.1, 0.15) is 28.7 Å². The van der Waals surface area contributed by atoms with Gasteiger partial charge in [0.2, 0.25) is 0 Å². The molecule has 1 amide bonds. The molecule has 0 aliphatic heterocycles. The van der Waals surface area contributed by atoms with E-state index in [1.54, 1.807) is 18.2 Å². The van der Waals surface area contributed by atoms with E-state index in [1.165, 1.54) is 18.3 Å². The zero-order valence-corrected chi connectivity index (χ0v) is 14.5. The van der Waals surface area contributed by atoms with E-state index >= 15 is 0 Å². The van der Waals surface area contributed by atoms with Crippen LogP contribution in [-0.2, 0) is 6.54 Å². The number of halogens is 2. The summed E-state index contributed by atoms with van der Waals surface area (Å²) in [6, 6.07) is 9.58. The smallest absolute Gasteiger partial charge is 0.271 e. The molecule has 25 heavy (non-hydrogen) atoms. The third-order valence-electron chi connectivity index (χ3n) is 3.88. The monoisotopic (exact) mass is 358 g/mol. The van der Waals surface area contributed by atoms with Gasteiger partial charge in [0.15, 0.2) is 0 Å². The van der Waals surface area contributed by atoms with Gasteiger partial charge in [-0.1, -0.05) is 17.7 Å². The largest absolute Gasteiger partial charge is 0.329 e. The van der Waals surface area contributed by atoms with Crippen molar-refractivity contribution in [2.75, 3.05) is 0 Å². The van der Waals surface area contributed by atoms with E-state index < -0.39 is 11.7 Å². The molecule has 3 rings (SSSR count). The van der Waals surface area contributed by atoms with Crippen LogP contribution < -0.4 is 5.43 Å². The molecule has 7 heteroatoms. The normalized spacial score (nSPS) is 11.4.